The number of hydrogen-bond acceptors (Lipinski definition) is 4. The van der Waals surface area contributed by atoms with Gasteiger partial charge in [0.15, 0.2) is 0 Å². The molecular weight excluding hydrogens is 360 g/mol. The van der Waals surface area contributed by atoms with Crippen LogP contribution in [0.15, 0.2) is 47.1 Å². The lowest BCUT2D eigenvalue weighted by Gasteiger charge is -2.24. The predicted octanol–water partition coefficient (Wildman–Crippen LogP) is 4.61. The minimum Gasteiger partial charge on any atom is -0.464 e. The number of fused-ring (bicyclic) bond motifs is 1. The van der Waals surface area contributed by atoms with Gasteiger partial charge in [-0.05, 0) is 55.7 Å². The van der Waals surface area contributed by atoms with Crippen molar-refractivity contribution < 1.29 is 14.0 Å². The Hall–Kier alpha value is -2.60. The minimum absolute atomic E-state index is 0.0330. The van der Waals surface area contributed by atoms with E-state index in [1.807, 2.05) is 48.2 Å². The summed E-state index contributed by atoms with van der Waals surface area (Å²) in [4.78, 5) is 29.0. The van der Waals surface area contributed by atoms with Crippen molar-refractivity contribution in [3.63, 3.8) is 0 Å². The third-order valence-corrected chi connectivity index (χ3v) is 6.11. The number of benzene rings is 1. The lowest BCUT2D eigenvalue weighted by atomic mass is 10.1. The van der Waals surface area contributed by atoms with Gasteiger partial charge in [-0.15, -0.1) is 11.3 Å². The van der Waals surface area contributed by atoms with Gasteiger partial charge in [-0.25, -0.2) is 0 Å². The zero-order valence-corrected chi connectivity index (χ0v) is 16.1. The molecule has 0 aliphatic carbocycles. The smallest absolute Gasteiger partial charge is 0.261 e. The van der Waals surface area contributed by atoms with Crippen LogP contribution in [-0.4, -0.2) is 29.8 Å². The molecule has 3 aromatic rings. The van der Waals surface area contributed by atoms with Crippen LogP contribution >= 0.6 is 11.3 Å². The molecule has 3 heterocycles. The molecule has 6 heteroatoms. The van der Waals surface area contributed by atoms with E-state index in [1.165, 1.54) is 11.3 Å². The first-order chi connectivity index (χ1) is 13.2. The second kappa shape index (κ2) is 7.56. The Morgan fingerprint density at radius 1 is 1.26 bits per heavy atom. The Bertz CT molecular complexity index is 975. The fourth-order valence-corrected chi connectivity index (χ4v) is 4.62. The van der Waals surface area contributed by atoms with Gasteiger partial charge in [0.2, 0.25) is 0 Å². The summed E-state index contributed by atoms with van der Waals surface area (Å²) >= 11 is 1.49. The molecule has 1 aromatic carbocycles. The molecule has 0 saturated carbocycles. The summed E-state index contributed by atoms with van der Waals surface area (Å²) in [5, 5.41) is 3.84. The second-order valence-corrected chi connectivity index (χ2v) is 7.90. The number of rotatable bonds is 5. The van der Waals surface area contributed by atoms with Crippen molar-refractivity contribution in [3.8, 4) is 0 Å². The molecule has 140 valence electrons. The van der Waals surface area contributed by atoms with Crippen molar-refractivity contribution in [3.05, 3.63) is 58.0 Å². The maximum atomic E-state index is 13.1. The number of nitrogens with one attached hydrogen (secondary N) is 1. The fraction of sp³-hybridized carbons (Fsp3) is 0.333. The van der Waals surface area contributed by atoms with Crippen LogP contribution in [0.4, 0.5) is 0 Å². The highest BCUT2D eigenvalue weighted by molar-refractivity contribution is 7.14. The van der Waals surface area contributed by atoms with E-state index in [9.17, 15) is 9.59 Å². The molecule has 0 radical (unpaired) electrons. The Morgan fingerprint density at radius 3 is 3.00 bits per heavy atom. The molecule has 0 spiro atoms. The summed E-state index contributed by atoms with van der Waals surface area (Å²) in [6.45, 7) is 3.45. The molecule has 2 amide bonds. The first-order valence-corrected chi connectivity index (χ1v) is 10.1. The number of likely N-dealkylation sites (tertiary alicyclic amines) is 1. The van der Waals surface area contributed by atoms with Gasteiger partial charge >= 0.3 is 0 Å². The Labute approximate surface area is 162 Å². The number of nitrogens with zero attached hydrogens (tertiary/aromatic N) is 1. The molecule has 5 nitrogen and oxygen atoms in total. The van der Waals surface area contributed by atoms with Crippen molar-refractivity contribution in [2.45, 2.75) is 32.2 Å². The number of carbonyl (C=O) groups excluding carboxylic acids is 2. The number of thiophene rings is 1. The number of amides is 2. The van der Waals surface area contributed by atoms with Gasteiger partial charge in [-0.1, -0.05) is 6.92 Å². The highest BCUT2D eigenvalue weighted by Crippen LogP contribution is 2.37. The molecule has 27 heavy (non-hydrogen) atoms. The summed E-state index contributed by atoms with van der Waals surface area (Å²) in [6, 6.07) is 11.3. The fourth-order valence-electron chi connectivity index (χ4n) is 3.55. The number of carbonyl (C=O) groups is 2. The zero-order chi connectivity index (χ0) is 18.8. The summed E-state index contributed by atoms with van der Waals surface area (Å²) in [7, 11) is 0. The predicted molar refractivity (Wildman–Crippen MR) is 106 cm³/mol. The van der Waals surface area contributed by atoms with Crippen LogP contribution in [0.3, 0.4) is 0 Å². The second-order valence-electron chi connectivity index (χ2n) is 6.79. The van der Waals surface area contributed by atoms with Crippen molar-refractivity contribution in [2.75, 3.05) is 13.1 Å². The lowest BCUT2D eigenvalue weighted by Crippen LogP contribution is -2.30. The van der Waals surface area contributed by atoms with E-state index in [2.05, 4.69) is 5.32 Å². The molecule has 0 unspecified atom stereocenters. The van der Waals surface area contributed by atoms with E-state index in [0.29, 0.717) is 17.0 Å². The largest absolute Gasteiger partial charge is 0.464 e. The van der Waals surface area contributed by atoms with E-state index in [1.54, 1.807) is 6.26 Å². The Balaban J connectivity index is 1.54. The molecule has 1 saturated heterocycles. The summed E-state index contributed by atoms with van der Waals surface area (Å²) in [5.74, 6) is 0.000340. The average Bonchev–Trinajstić information content (AvgIpc) is 3.44. The number of hydrogen-bond donors (Lipinski definition) is 1. The first-order valence-electron chi connectivity index (χ1n) is 9.33. The highest BCUT2D eigenvalue weighted by Gasteiger charge is 2.32. The standard InChI is InChI=1S/C21H22N2O3S/c1-2-10-22-20(24)19-8-7-18(27-19)16-4-3-11-23(16)21(25)15-5-6-17-14(13-15)9-12-26-17/h5-9,12-13,16H,2-4,10-11H2,1H3,(H,22,24)/t16-/m0/s1. The van der Waals surface area contributed by atoms with Gasteiger partial charge in [0, 0.05) is 28.9 Å². The quantitative estimate of drug-likeness (QED) is 0.701. The van der Waals surface area contributed by atoms with Crippen LogP contribution in [-0.2, 0) is 0 Å². The summed E-state index contributed by atoms with van der Waals surface area (Å²) in [6.07, 6.45) is 4.44. The van der Waals surface area contributed by atoms with Gasteiger partial charge in [-0.3, -0.25) is 9.59 Å². The molecule has 2 aromatic heterocycles. The third-order valence-electron chi connectivity index (χ3n) is 4.93. The van der Waals surface area contributed by atoms with E-state index < -0.39 is 0 Å². The topological polar surface area (TPSA) is 62.6 Å². The van der Waals surface area contributed by atoms with E-state index in [-0.39, 0.29) is 17.9 Å². The van der Waals surface area contributed by atoms with Crippen LogP contribution in [0.5, 0.6) is 0 Å². The zero-order valence-electron chi connectivity index (χ0n) is 15.2. The highest BCUT2D eigenvalue weighted by atomic mass is 32.1. The Morgan fingerprint density at radius 2 is 2.15 bits per heavy atom. The van der Waals surface area contributed by atoms with E-state index in [0.717, 1.165) is 41.7 Å². The van der Waals surface area contributed by atoms with Crippen molar-refractivity contribution in [1.82, 2.24) is 10.2 Å². The molecule has 4 rings (SSSR count). The van der Waals surface area contributed by atoms with Gasteiger partial charge < -0.3 is 14.6 Å². The van der Waals surface area contributed by atoms with Crippen molar-refractivity contribution in [2.24, 2.45) is 0 Å². The molecular formula is C21H22N2O3S. The van der Waals surface area contributed by atoms with E-state index in [4.69, 9.17) is 4.42 Å². The van der Waals surface area contributed by atoms with Crippen LogP contribution in [0.25, 0.3) is 11.0 Å². The number of furan rings is 1. The maximum absolute atomic E-state index is 13.1. The molecule has 1 aliphatic rings. The minimum atomic E-state index is -0.0330. The molecule has 0 bridgehead atoms. The third kappa shape index (κ3) is 3.49. The van der Waals surface area contributed by atoms with Gasteiger partial charge in [0.25, 0.3) is 11.8 Å². The molecule has 1 atom stereocenters. The van der Waals surface area contributed by atoms with Crippen molar-refractivity contribution in [1.29, 1.82) is 0 Å². The lowest BCUT2D eigenvalue weighted by molar-refractivity contribution is 0.0738. The van der Waals surface area contributed by atoms with Crippen LogP contribution in [0, 0.1) is 0 Å². The monoisotopic (exact) mass is 382 g/mol. The van der Waals surface area contributed by atoms with Crippen LogP contribution in [0.2, 0.25) is 0 Å². The van der Waals surface area contributed by atoms with Gasteiger partial charge in [0.05, 0.1) is 17.2 Å². The summed E-state index contributed by atoms with van der Waals surface area (Å²) < 4.78 is 5.36. The maximum Gasteiger partial charge on any atom is 0.261 e. The molecule has 1 aliphatic heterocycles. The average molecular weight is 382 g/mol. The SMILES string of the molecule is CCCNC(=O)c1ccc([C@@H]2CCCN2C(=O)c2ccc3occc3c2)s1. The van der Waals surface area contributed by atoms with Crippen molar-refractivity contribution >= 4 is 34.1 Å². The summed E-state index contributed by atoms with van der Waals surface area (Å²) in [5.41, 5.74) is 1.46. The molecule has 1 N–H and O–H groups in total. The normalized spacial score (nSPS) is 16.8. The van der Waals surface area contributed by atoms with Crippen LogP contribution in [0.1, 0.15) is 57.1 Å². The van der Waals surface area contributed by atoms with Crippen LogP contribution < -0.4 is 5.32 Å². The van der Waals surface area contributed by atoms with E-state index >= 15 is 0 Å². The van der Waals surface area contributed by atoms with Gasteiger partial charge in [-0.2, -0.15) is 0 Å². The molecule has 1 fully saturated rings. The first kappa shape index (κ1) is 17.8. The van der Waals surface area contributed by atoms with Gasteiger partial charge in [0.1, 0.15) is 5.58 Å². The Kier molecular flexibility index (Phi) is 4.99.